The number of hydrogen-bond acceptors (Lipinski definition) is 5. The maximum atomic E-state index is 12.8. The van der Waals surface area contributed by atoms with E-state index in [-0.39, 0.29) is 14.1 Å². The average molecular weight is 485 g/mol. The van der Waals surface area contributed by atoms with E-state index in [4.69, 9.17) is 23.2 Å². The van der Waals surface area contributed by atoms with Gasteiger partial charge >= 0.3 is 5.97 Å². The number of halogens is 3. The Morgan fingerprint density at radius 2 is 1.96 bits per heavy atom. The number of rotatable bonds is 5. The van der Waals surface area contributed by atoms with Crippen LogP contribution >= 0.6 is 50.5 Å². The molecule has 1 N–H and O–H groups in total. The SMILES string of the molecule is COC(=O)c1cc(S(=O)(=O)NC2(c3cc(Cl)cc(Br)c3)CC2)sc1Cl. The van der Waals surface area contributed by atoms with Crippen LogP contribution in [-0.4, -0.2) is 21.5 Å². The lowest BCUT2D eigenvalue weighted by atomic mass is 10.1. The summed E-state index contributed by atoms with van der Waals surface area (Å²) in [7, 11) is -2.65. The summed E-state index contributed by atoms with van der Waals surface area (Å²) in [6.07, 6.45) is 1.31. The highest BCUT2D eigenvalue weighted by molar-refractivity contribution is 9.10. The minimum absolute atomic E-state index is 0.0323. The van der Waals surface area contributed by atoms with E-state index in [1.54, 1.807) is 12.1 Å². The highest BCUT2D eigenvalue weighted by Crippen LogP contribution is 2.48. The van der Waals surface area contributed by atoms with E-state index in [1.165, 1.54) is 13.2 Å². The third-order valence-electron chi connectivity index (χ3n) is 3.83. The standard InChI is InChI=1S/C15H12BrCl2NO4S2/c1-23-14(20)11-7-12(24-13(11)18)25(21,22)19-15(2-3-15)8-4-9(16)6-10(17)5-8/h4-7,19H,2-3H2,1H3. The van der Waals surface area contributed by atoms with Crippen LogP contribution in [0.5, 0.6) is 0 Å². The number of carbonyl (C=O) groups is 1. The third kappa shape index (κ3) is 3.89. The summed E-state index contributed by atoms with van der Waals surface area (Å²) in [6, 6.07) is 6.54. The maximum absolute atomic E-state index is 12.8. The van der Waals surface area contributed by atoms with E-state index in [2.05, 4.69) is 25.4 Å². The summed E-state index contributed by atoms with van der Waals surface area (Å²) >= 11 is 16.2. The van der Waals surface area contributed by atoms with Crippen LogP contribution in [0.25, 0.3) is 0 Å². The molecule has 2 aromatic rings. The second kappa shape index (κ2) is 6.83. The molecule has 1 aliphatic carbocycles. The molecule has 0 bridgehead atoms. The fourth-order valence-corrected chi connectivity index (χ4v) is 6.45. The largest absolute Gasteiger partial charge is 0.465 e. The lowest BCUT2D eigenvalue weighted by Gasteiger charge is -2.18. The summed E-state index contributed by atoms with van der Waals surface area (Å²) in [5.41, 5.74) is 0.116. The van der Waals surface area contributed by atoms with Crippen molar-refractivity contribution in [1.82, 2.24) is 4.72 Å². The van der Waals surface area contributed by atoms with E-state index in [0.29, 0.717) is 17.9 Å². The number of nitrogens with one attached hydrogen (secondary N) is 1. The lowest BCUT2D eigenvalue weighted by molar-refractivity contribution is 0.0601. The van der Waals surface area contributed by atoms with Gasteiger partial charge in [0.15, 0.2) is 0 Å². The lowest BCUT2D eigenvalue weighted by Crippen LogP contribution is -2.34. The topological polar surface area (TPSA) is 72.5 Å². The summed E-state index contributed by atoms with van der Waals surface area (Å²) in [5.74, 6) is -0.678. The molecular weight excluding hydrogens is 473 g/mol. The number of hydrogen-bond donors (Lipinski definition) is 1. The molecule has 1 aromatic carbocycles. The molecule has 0 radical (unpaired) electrons. The average Bonchev–Trinajstić information content (AvgIpc) is 3.18. The molecule has 1 heterocycles. The first-order valence-electron chi connectivity index (χ1n) is 7.05. The van der Waals surface area contributed by atoms with Gasteiger partial charge in [-0.25, -0.2) is 13.2 Å². The van der Waals surface area contributed by atoms with Crippen LogP contribution in [0.2, 0.25) is 9.36 Å². The molecule has 0 spiro atoms. The normalized spacial score (nSPS) is 15.8. The number of carbonyl (C=O) groups excluding carboxylic acids is 1. The third-order valence-corrected chi connectivity index (χ3v) is 7.87. The number of methoxy groups -OCH3 is 1. The number of esters is 1. The molecular formula is C15H12BrCl2NO4S2. The molecule has 0 aliphatic heterocycles. The molecule has 134 valence electrons. The molecule has 1 aliphatic rings. The number of ether oxygens (including phenoxy) is 1. The molecule has 25 heavy (non-hydrogen) atoms. The van der Waals surface area contributed by atoms with Crippen molar-refractivity contribution < 1.29 is 17.9 Å². The first kappa shape index (κ1) is 19.1. The quantitative estimate of drug-likeness (QED) is 0.630. The maximum Gasteiger partial charge on any atom is 0.340 e. The van der Waals surface area contributed by atoms with Gasteiger partial charge in [-0.3, -0.25) is 0 Å². The number of benzene rings is 1. The van der Waals surface area contributed by atoms with Crippen molar-refractivity contribution in [2.75, 3.05) is 7.11 Å². The van der Waals surface area contributed by atoms with Gasteiger partial charge in [0, 0.05) is 9.50 Å². The van der Waals surface area contributed by atoms with Gasteiger partial charge in [-0.15, -0.1) is 11.3 Å². The first-order valence-corrected chi connectivity index (χ1v) is 10.9. The zero-order valence-electron chi connectivity index (χ0n) is 12.8. The van der Waals surface area contributed by atoms with E-state index in [0.717, 1.165) is 21.4 Å². The Bertz CT molecular complexity index is 934. The van der Waals surface area contributed by atoms with Gasteiger partial charge in [-0.05, 0) is 42.7 Å². The van der Waals surface area contributed by atoms with Crippen molar-refractivity contribution in [3.8, 4) is 0 Å². The predicted molar refractivity (Wildman–Crippen MR) is 101 cm³/mol. The Labute approximate surface area is 167 Å². The van der Waals surface area contributed by atoms with Gasteiger partial charge in [0.25, 0.3) is 10.0 Å². The van der Waals surface area contributed by atoms with E-state index >= 15 is 0 Å². The van der Waals surface area contributed by atoms with Crippen molar-refractivity contribution in [3.05, 3.63) is 49.2 Å². The fourth-order valence-electron chi connectivity index (χ4n) is 2.44. The monoisotopic (exact) mass is 483 g/mol. The van der Waals surface area contributed by atoms with Crippen molar-refractivity contribution in [1.29, 1.82) is 0 Å². The molecule has 1 fully saturated rings. The molecule has 0 unspecified atom stereocenters. The van der Waals surface area contributed by atoms with Crippen LogP contribution in [0, 0.1) is 0 Å². The van der Waals surface area contributed by atoms with Gasteiger partial charge < -0.3 is 4.74 Å². The molecule has 0 amide bonds. The highest BCUT2D eigenvalue weighted by Gasteiger charge is 2.48. The Morgan fingerprint density at radius 3 is 2.52 bits per heavy atom. The van der Waals surface area contributed by atoms with Crippen LogP contribution in [-0.2, 0) is 20.3 Å². The zero-order valence-corrected chi connectivity index (χ0v) is 17.5. The molecule has 5 nitrogen and oxygen atoms in total. The zero-order chi connectivity index (χ0) is 18.4. The predicted octanol–water partition coefficient (Wildman–Crippen LogP) is 4.57. The Hall–Kier alpha value is -0.640. The number of sulfonamides is 1. The van der Waals surface area contributed by atoms with E-state index in [9.17, 15) is 13.2 Å². The van der Waals surface area contributed by atoms with Crippen LogP contribution in [0.15, 0.2) is 32.9 Å². The minimum Gasteiger partial charge on any atom is -0.465 e. The van der Waals surface area contributed by atoms with Crippen LogP contribution in [0.4, 0.5) is 0 Å². The second-order valence-electron chi connectivity index (χ2n) is 5.59. The molecule has 3 rings (SSSR count). The van der Waals surface area contributed by atoms with Gasteiger partial charge in [-0.2, -0.15) is 4.72 Å². The number of thiophene rings is 1. The van der Waals surface area contributed by atoms with Crippen LogP contribution in [0.3, 0.4) is 0 Å². The smallest absolute Gasteiger partial charge is 0.340 e. The summed E-state index contributed by atoms with van der Waals surface area (Å²) in [4.78, 5) is 11.6. The fraction of sp³-hybridized carbons (Fsp3) is 0.267. The summed E-state index contributed by atoms with van der Waals surface area (Å²) < 4.78 is 33.6. The summed E-state index contributed by atoms with van der Waals surface area (Å²) in [6.45, 7) is 0. The molecule has 10 heteroatoms. The Kier molecular flexibility index (Phi) is 5.22. The van der Waals surface area contributed by atoms with Gasteiger partial charge in [0.05, 0.1) is 18.2 Å². The molecule has 1 saturated carbocycles. The van der Waals surface area contributed by atoms with Crippen LogP contribution in [0.1, 0.15) is 28.8 Å². The molecule has 1 aromatic heterocycles. The van der Waals surface area contributed by atoms with Gasteiger partial charge in [0.2, 0.25) is 0 Å². The van der Waals surface area contributed by atoms with E-state index < -0.39 is 21.5 Å². The van der Waals surface area contributed by atoms with Crippen molar-refractivity contribution >= 4 is 66.5 Å². The minimum atomic E-state index is -3.85. The Balaban J connectivity index is 1.93. The van der Waals surface area contributed by atoms with Gasteiger partial charge in [0.1, 0.15) is 8.55 Å². The van der Waals surface area contributed by atoms with Crippen LogP contribution < -0.4 is 4.72 Å². The second-order valence-corrected chi connectivity index (χ2v) is 10.5. The van der Waals surface area contributed by atoms with Crippen molar-refractivity contribution in [2.45, 2.75) is 22.6 Å². The molecule has 0 atom stereocenters. The highest BCUT2D eigenvalue weighted by atomic mass is 79.9. The van der Waals surface area contributed by atoms with Gasteiger partial charge in [-0.1, -0.05) is 39.1 Å². The summed E-state index contributed by atoms with van der Waals surface area (Å²) in [5, 5.41) is 0.516. The van der Waals surface area contributed by atoms with Crippen molar-refractivity contribution in [3.63, 3.8) is 0 Å². The van der Waals surface area contributed by atoms with Crippen molar-refractivity contribution in [2.24, 2.45) is 0 Å². The first-order chi connectivity index (χ1) is 11.7. The Morgan fingerprint density at radius 1 is 1.28 bits per heavy atom. The molecule has 0 saturated heterocycles. The van der Waals surface area contributed by atoms with E-state index in [1.807, 2.05) is 6.07 Å².